The quantitative estimate of drug-likeness (QED) is 0.137. The molecule has 16 heteroatoms. The van der Waals surface area contributed by atoms with Crippen molar-refractivity contribution in [3.8, 4) is 0 Å². The first kappa shape index (κ1) is 31.5. The maximum absolute atomic E-state index is 13.7. The molecule has 5 N–H and O–H groups in total. The van der Waals surface area contributed by atoms with Gasteiger partial charge in [-0.15, -0.1) is 0 Å². The van der Waals surface area contributed by atoms with Gasteiger partial charge < -0.3 is 25.0 Å². The van der Waals surface area contributed by atoms with E-state index in [0.29, 0.717) is 0 Å². The summed E-state index contributed by atoms with van der Waals surface area (Å²) in [7, 11) is -4.01. The monoisotopic (exact) mass is 611 g/mol. The second-order valence-electron chi connectivity index (χ2n) is 10.4. The van der Waals surface area contributed by atoms with Crippen LogP contribution >= 0.6 is 19.5 Å². The van der Waals surface area contributed by atoms with E-state index in [1.807, 2.05) is 30.3 Å². The number of nitrogens with one attached hydrogen (secondary N) is 2. The number of aliphatic hydroxyl groups excluding tert-OH is 2. The lowest BCUT2D eigenvalue weighted by Crippen LogP contribution is -2.44. The number of aromatic amines is 1. The van der Waals surface area contributed by atoms with Crippen molar-refractivity contribution in [2.24, 2.45) is 5.41 Å². The molecule has 5 atom stereocenters. The number of ether oxygens (including phenoxy) is 1. The molecule has 14 nitrogen and oxygen atoms in total. The number of hydrogen-bond donors (Lipinski definition) is 5. The molecule has 1 fully saturated rings. The number of thioether (sulfide) groups is 1. The average Bonchev–Trinajstić information content (AvgIpc) is 3.48. The van der Waals surface area contributed by atoms with Gasteiger partial charge >= 0.3 is 7.75 Å². The van der Waals surface area contributed by atoms with Gasteiger partial charge in [0.1, 0.15) is 17.8 Å². The van der Waals surface area contributed by atoms with E-state index in [-0.39, 0.29) is 41.8 Å². The van der Waals surface area contributed by atoms with Crippen molar-refractivity contribution in [1.29, 1.82) is 0 Å². The van der Waals surface area contributed by atoms with Crippen LogP contribution in [0.5, 0.6) is 0 Å². The van der Waals surface area contributed by atoms with Crippen LogP contribution in [0.25, 0.3) is 11.2 Å². The van der Waals surface area contributed by atoms with E-state index in [2.05, 4.69) is 20.0 Å². The Balaban J connectivity index is 1.45. The van der Waals surface area contributed by atoms with E-state index in [4.69, 9.17) is 13.8 Å². The molecule has 224 valence electrons. The molecule has 0 spiro atoms. The van der Waals surface area contributed by atoms with Gasteiger partial charge in [0.05, 0.1) is 37.9 Å². The largest absolute Gasteiger partial charge is 0.405 e. The minimum absolute atomic E-state index is 0.0304. The van der Waals surface area contributed by atoms with Crippen LogP contribution in [0.2, 0.25) is 0 Å². The summed E-state index contributed by atoms with van der Waals surface area (Å²) in [6.07, 6.45) is -1.37. The van der Waals surface area contributed by atoms with Crippen LogP contribution in [-0.2, 0) is 29.7 Å². The summed E-state index contributed by atoms with van der Waals surface area (Å²) in [5.74, 6) is 0.155. The van der Waals surface area contributed by atoms with Crippen LogP contribution < -0.4 is 10.6 Å². The zero-order chi connectivity index (χ0) is 29.8. The van der Waals surface area contributed by atoms with Crippen LogP contribution in [0.4, 0.5) is 0 Å². The standard InChI is InChI=1S/C25H34N5O9PS/c1-24(2,13-31)23(34)41-10-9-37-40(36,29-11-16-7-5-4-6-8-16)38-12-17-19(32)25(3,35)22(39-17)30-15-28-18-20(30)26-14-27-21(18)33/h4-8,14-15,17,19,22,31-32,35H,9-13H2,1-3H3,(H,29,36)(H,26,27,33)/t17-,19?,22-,25?,40?/m1/s1. The number of benzene rings is 1. The Morgan fingerprint density at radius 2 is 2.02 bits per heavy atom. The molecule has 3 heterocycles. The van der Waals surface area contributed by atoms with Crippen molar-refractivity contribution in [3.05, 3.63) is 58.9 Å². The zero-order valence-corrected chi connectivity index (χ0v) is 24.5. The Morgan fingerprint density at radius 3 is 2.73 bits per heavy atom. The SMILES string of the molecule is CC(C)(CO)C(=O)SCCOP(=O)(NCc1ccccc1)OC[C@H]1O[C@@H](n2cnc3c(=O)[nH]cnc32)C(C)(O)C1O. The first-order chi connectivity index (χ1) is 19.4. The molecule has 0 amide bonds. The summed E-state index contributed by atoms with van der Waals surface area (Å²) in [5, 5.41) is 34.0. The van der Waals surface area contributed by atoms with Crippen molar-refractivity contribution in [2.75, 3.05) is 25.6 Å². The minimum Gasteiger partial charge on any atom is -0.395 e. The molecular formula is C25H34N5O9PS. The lowest BCUT2D eigenvalue weighted by Gasteiger charge is -2.27. The molecule has 1 aliphatic rings. The summed E-state index contributed by atoms with van der Waals surface area (Å²) in [6.45, 7) is 3.87. The highest BCUT2D eigenvalue weighted by Gasteiger charge is 2.54. The van der Waals surface area contributed by atoms with E-state index in [0.717, 1.165) is 17.3 Å². The maximum Gasteiger partial charge on any atom is 0.405 e. The van der Waals surface area contributed by atoms with Gasteiger partial charge in [-0.3, -0.25) is 23.2 Å². The fraction of sp³-hybridized carbons (Fsp3) is 0.520. The number of hydrogen-bond acceptors (Lipinski definition) is 12. The number of nitrogens with zero attached hydrogens (tertiary/aromatic N) is 3. The van der Waals surface area contributed by atoms with Crippen LogP contribution in [0.15, 0.2) is 47.8 Å². The molecular weight excluding hydrogens is 577 g/mol. The third kappa shape index (κ3) is 7.13. The molecule has 4 rings (SSSR count). The topological polar surface area (TPSA) is 198 Å². The smallest absolute Gasteiger partial charge is 0.395 e. The highest BCUT2D eigenvalue weighted by Crippen LogP contribution is 2.46. The Bertz CT molecular complexity index is 1450. The summed E-state index contributed by atoms with van der Waals surface area (Å²) in [4.78, 5) is 34.9. The van der Waals surface area contributed by atoms with Gasteiger partial charge in [-0.05, 0) is 26.3 Å². The second kappa shape index (κ2) is 12.8. The Labute approximate surface area is 240 Å². The summed E-state index contributed by atoms with van der Waals surface area (Å²) in [5.41, 5.74) is -2.28. The van der Waals surface area contributed by atoms with E-state index >= 15 is 0 Å². The molecule has 1 aliphatic heterocycles. The van der Waals surface area contributed by atoms with Gasteiger partial charge in [0, 0.05) is 12.3 Å². The predicted molar refractivity (Wildman–Crippen MR) is 150 cm³/mol. The molecule has 1 saturated heterocycles. The van der Waals surface area contributed by atoms with Gasteiger partial charge in [-0.1, -0.05) is 42.1 Å². The van der Waals surface area contributed by atoms with E-state index < -0.39 is 49.4 Å². The van der Waals surface area contributed by atoms with E-state index in [9.17, 15) is 29.5 Å². The van der Waals surface area contributed by atoms with Crippen LogP contribution in [-0.4, -0.2) is 83.3 Å². The van der Waals surface area contributed by atoms with E-state index in [1.54, 1.807) is 13.8 Å². The van der Waals surface area contributed by atoms with Gasteiger partial charge in [-0.25, -0.2) is 19.6 Å². The Hall–Kier alpha value is -2.46. The lowest BCUT2D eigenvalue weighted by molar-refractivity contribution is -0.119. The first-order valence-corrected chi connectivity index (χ1v) is 15.3. The third-order valence-electron chi connectivity index (χ3n) is 6.63. The van der Waals surface area contributed by atoms with Crippen molar-refractivity contribution >= 4 is 35.8 Å². The number of carbonyl (C=O) groups is 1. The number of rotatable bonds is 13. The third-order valence-corrected chi connectivity index (χ3v) is 9.37. The van der Waals surface area contributed by atoms with Crippen LogP contribution in [0, 0.1) is 5.41 Å². The molecule has 3 unspecified atom stereocenters. The van der Waals surface area contributed by atoms with E-state index in [1.165, 1.54) is 24.1 Å². The van der Waals surface area contributed by atoms with Crippen molar-refractivity contribution in [2.45, 2.75) is 51.4 Å². The number of aromatic nitrogens is 4. The molecule has 41 heavy (non-hydrogen) atoms. The molecule has 1 aromatic carbocycles. The van der Waals surface area contributed by atoms with Crippen LogP contribution in [0.3, 0.4) is 0 Å². The van der Waals surface area contributed by atoms with Crippen molar-refractivity contribution in [1.82, 2.24) is 24.6 Å². The fourth-order valence-corrected chi connectivity index (χ4v) is 6.29. The summed E-state index contributed by atoms with van der Waals surface area (Å²) < 4.78 is 32.2. The highest BCUT2D eigenvalue weighted by molar-refractivity contribution is 8.13. The maximum atomic E-state index is 13.7. The Kier molecular flexibility index (Phi) is 9.84. The zero-order valence-electron chi connectivity index (χ0n) is 22.8. The fourth-order valence-electron chi connectivity index (χ4n) is 4.05. The van der Waals surface area contributed by atoms with Crippen molar-refractivity contribution < 1.29 is 38.5 Å². The molecule has 0 bridgehead atoms. The number of carbonyl (C=O) groups excluding carboxylic acids is 1. The number of H-pyrrole nitrogens is 1. The normalized spacial score (nSPS) is 24.5. The minimum atomic E-state index is -4.01. The Morgan fingerprint density at radius 1 is 1.29 bits per heavy atom. The highest BCUT2D eigenvalue weighted by atomic mass is 32.2. The van der Waals surface area contributed by atoms with Gasteiger partial charge in [-0.2, -0.15) is 0 Å². The van der Waals surface area contributed by atoms with Gasteiger partial charge in [0.15, 0.2) is 22.5 Å². The number of imidazole rings is 1. The number of aliphatic hydroxyl groups is 3. The molecule has 3 aromatic rings. The average molecular weight is 612 g/mol. The molecule has 0 saturated carbocycles. The van der Waals surface area contributed by atoms with Gasteiger partial charge in [0.2, 0.25) is 0 Å². The molecule has 0 aliphatic carbocycles. The summed E-state index contributed by atoms with van der Waals surface area (Å²) >= 11 is 0.942. The van der Waals surface area contributed by atoms with Crippen molar-refractivity contribution in [3.63, 3.8) is 0 Å². The predicted octanol–water partition coefficient (Wildman–Crippen LogP) is 1.34. The van der Waals surface area contributed by atoms with Crippen LogP contribution in [0.1, 0.15) is 32.6 Å². The molecule has 0 radical (unpaired) electrons. The van der Waals surface area contributed by atoms with Gasteiger partial charge in [0.25, 0.3) is 5.56 Å². The first-order valence-electron chi connectivity index (χ1n) is 12.8. The second-order valence-corrected chi connectivity index (χ2v) is 13.3. The lowest BCUT2D eigenvalue weighted by atomic mass is 9.96. The summed E-state index contributed by atoms with van der Waals surface area (Å²) in [6, 6.07) is 9.13. The molecule has 2 aromatic heterocycles. The number of fused-ring (bicyclic) bond motifs is 1.